The fourth-order valence-electron chi connectivity index (χ4n) is 2.67. The van der Waals surface area contributed by atoms with E-state index >= 15 is 0 Å². The summed E-state index contributed by atoms with van der Waals surface area (Å²) in [5.74, 6) is 0. The first-order valence-electron chi connectivity index (χ1n) is 6.82. The maximum Gasteiger partial charge on any atom is 0.0477 e. The van der Waals surface area contributed by atoms with Gasteiger partial charge >= 0.3 is 0 Å². The highest BCUT2D eigenvalue weighted by Gasteiger charge is 2.23. The minimum atomic E-state index is 0. The van der Waals surface area contributed by atoms with Crippen molar-refractivity contribution in [3.05, 3.63) is 66.0 Å². The summed E-state index contributed by atoms with van der Waals surface area (Å²) in [4.78, 5) is 6.65. The van der Waals surface area contributed by atoms with Gasteiger partial charge in [0.1, 0.15) is 0 Å². The van der Waals surface area contributed by atoms with Crippen LogP contribution in [0.25, 0.3) is 0 Å². The molecule has 0 amide bonds. The molecule has 0 aliphatic carbocycles. The summed E-state index contributed by atoms with van der Waals surface area (Å²) in [5, 5.41) is 3.49. The Bertz CT molecular complexity index is 504. The number of nitrogens with zero attached hydrogens (tertiary/aromatic N) is 2. The average Bonchev–Trinajstić information content (AvgIpc) is 2.50. The minimum absolute atomic E-state index is 0. The molecule has 2 heterocycles. The molecule has 4 heteroatoms. The van der Waals surface area contributed by atoms with E-state index in [4.69, 9.17) is 0 Å². The Balaban J connectivity index is 0.00000147. The third kappa shape index (κ3) is 3.57. The van der Waals surface area contributed by atoms with Crippen LogP contribution in [0.5, 0.6) is 0 Å². The molecule has 0 saturated carbocycles. The van der Waals surface area contributed by atoms with Gasteiger partial charge in [0.05, 0.1) is 0 Å². The number of rotatable bonds is 3. The summed E-state index contributed by atoms with van der Waals surface area (Å²) in [7, 11) is 0. The Kier molecular flexibility index (Phi) is 5.53. The molecule has 3 rings (SSSR count). The SMILES string of the molecule is Cl.c1ccc(CN2CCNCC2c2ccncc2)cc1. The molecule has 1 aliphatic rings. The largest absolute Gasteiger partial charge is 0.314 e. The number of benzene rings is 1. The minimum Gasteiger partial charge on any atom is -0.314 e. The van der Waals surface area contributed by atoms with Crippen molar-refractivity contribution in [2.75, 3.05) is 19.6 Å². The molecular formula is C16H20ClN3. The lowest BCUT2D eigenvalue weighted by Gasteiger charge is -2.36. The fourth-order valence-corrected chi connectivity index (χ4v) is 2.67. The number of hydrogen-bond donors (Lipinski definition) is 1. The van der Waals surface area contributed by atoms with Gasteiger partial charge in [-0.1, -0.05) is 30.3 Å². The van der Waals surface area contributed by atoms with E-state index in [9.17, 15) is 0 Å². The van der Waals surface area contributed by atoms with E-state index in [-0.39, 0.29) is 12.4 Å². The second-order valence-corrected chi connectivity index (χ2v) is 4.96. The van der Waals surface area contributed by atoms with Gasteiger partial charge in [0, 0.05) is 44.6 Å². The number of piperazine rings is 1. The van der Waals surface area contributed by atoms with Crippen molar-refractivity contribution >= 4 is 12.4 Å². The van der Waals surface area contributed by atoms with E-state index in [1.165, 1.54) is 11.1 Å². The summed E-state index contributed by atoms with van der Waals surface area (Å²) >= 11 is 0. The van der Waals surface area contributed by atoms with Crippen LogP contribution in [0.15, 0.2) is 54.9 Å². The number of nitrogens with one attached hydrogen (secondary N) is 1. The molecule has 2 aromatic rings. The molecule has 1 aliphatic heterocycles. The zero-order valence-electron chi connectivity index (χ0n) is 11.4. The van der Waals surface area contributed by atoms with Crippen LogP contribution in [-0.2, 0) is 6.54 Å². The highest BCUT2D eigenvalue weighted by molar-refractivity contribution is 5.85. The Morgan fingerprint density at radius 3 is 2.60 bits per heavy atom. The second kappa shape index (κ2) is 7.39. The smallest absolute Gasteiger partial charge is 0.0477 e. The van der Waals surface area contributed by atoms with Gasteiger partial charge in [0.2, 0.25) is 0 Å². The molecule has 1 fully saturated rings. The summed E-state index contributed by atoms with van der Waals surface area (Å²) in [6, 6.07) is 15.4. The van der Waals surface area contributed by atoms with Gasteiger partial charge in [-0.05, 0) is 23.3 Å². The molecule has 0 bridgehead atoms. The van der Waals surface area contributed by atoms with Crippen molar-refractivity contribution < 1.29 is 0 Å². The zero-order valence-corrected chi connectivity index (χ0v) is 12.2. The monoisotopic (exact) mass is 289 g/mol. The standard InChI is InChI=1S/C16H19N3.ClH/c1-2-4-14(5-3-1)13-19-11-10-18-12-16(19)15-6-8-17-9-7-15;/h1-9,16,18H,10-13H2;1H. The summed E-state index contributed by atoms with van der Waals surface area (Å²) in [6.07, 6.45) is 3.76. The summed E-state index contributed by atoms with van der Waals surface area (Å²) in [6.45, 7) is 4.17. The Labute approximate surface area is 126 Å². The predicted molar refractivity (Wildman–Crippen MR) is 83.9 cm³/mol. The lowest BCUT2D eigenvalue weighted by molar-refractivity contribution is 0.153. The molecule has 106 valence electrons. The number of aromatic nitrogens is 1. The van der Waals surface area contributed by atoms with E-state index < -0.39 is 0 Å². The molecule has 1 N–H and O–H groups in total. The van der Waals surface area contributed by atoms with E-state index in [2.05, 4.69) is 57.7 Å². The van der Waals surface area contributed by atoms with Crippen molar-refractivity contribution in [2.24, 2.45) is 0 Å². The lowest BCUT2D eigenvalue weighted by Crippen LogP contribution is -2.45. The molecule has 0 spiro atoms. The summed E-state index contributed by atoms with van der Waals surface area (Å²) < 4.78 is 0. The topological polar surface area (TPSA) is 28.2 Å². The highest BCUT2D eigenvalue weighted by atomic mass is 35.5. The Morgan fingerprint density at radius 2 is 1.85 bits per heavy atom. The van der Waals surface area contributed by atoms with Crippen molar-refractivity contribution in [1.29, 1.82) is 0 Å². The summed E-state index contributed by atoms with van der Waals surface area (Å²) in [5.41, 5.74) is 2.72. The van der Waals surface area contributed by atoms with E-state index in [0.29, 0.717) is 6.04 Å². The molecule has 1 saturated heterocycles. The molecule has 1 atom stereocenters. The Hall–Kier alpha value is -1.42. The first kappa shape index (κ1) is 15.0. The van der Waals surface area contributed by atoms with Gasteiger partial charge in [-0.2, -0.15) is 0 Å². The van der Waals surface area contributed by atoms with Crippen LogP contribution < -0.4 is 5.32 Å². The highest BCUT2D eigenvalue weighted by Crippen LogP contribution is 2.23. The van der Waals surface area contributed by atoms with Crippen molar-refractivity contribution in [3.8, 4) is 0 Å². The van der Waals surface area contributed by atoms with Crippen molar-refractivity contribution in [3.63, 3.8) is 0 Å². The van der Waals surface area contributed by atoms with Crippen LogP contribution in [0.2, 0.25) is 0 Å². The van der Waals surface area contributed by atoms with Crippen molar-refractivity contribution in [1.82, 2.24) is 15.2 Å². The molecule has 20 heavy (non-hydrogen) atoms. The van der Waals surface area contributed by atoms with Gasteiger partial charge in [-0.3, -0.25) is 9.88 Å². The van der Waals surface area contributed by atoms with Crippen LogP contribution in [0, 0.1) is 0 Å². The molecule has 1 aromatic carbocycles. The van der Waals surface area contributed by atoms with Crippen molar-refractivity contribution in [2.45, 2.75) is 12.6 Å². The first-order chi connectivity index (χ1) is 9.43. The number of halogens is 1. The maximum absolute atomic E-state index is 4.11. The van der Waals surface area contributed by atoms with Gasteiger partial charge < -0.3 is 5.32 Å². The van der Waals surface area contributed by atoms with Gasteiger partial charge in [-0.25, -0.2) is 0 Å². The quantitative estimate of drug-likeness (QED) is 0.941. The third-order valence-electron chi connectivity index (χ3n) is 3.67. The van der Waals surface area contributed by atoms with Gasteiger partial charge in [0.25, 0.3) is 0 Å². The Morgan fingerprint density at radius 1 is 1.10 bits per heavy atom. The average molecular weight is 290 g/mol. The number of pyridine rings is 1. The van der Waals surface area contributed by atoms with Crippen LogP contribution >= 0.6 is 12.4 Å². The van der Waals surface area contributed by atoms with Crippen LogP contribution in [-0.4, -0.2) is 29.5 Å². The molecule has 1 unspecified atom stereocenters. The van der Waals surface area contributed by atoms with E-state index in [1.54, 1.807) is 0 Å². The lowest BCUT2D eigenvalue weighted by atomic mass is 10.0. The van der Waals surface area contributed by atoms with E-state index in [0.717, 1.165) is 26.2 Å². The van der Waals surface area contributed by atoms with Gasteiger partial charge in [0.15, 0.2) is 0 Å². The normalized spacial score (nSPS) is 19.3. The maximum atomic E-state index is 4.11. The first-order valence-corrected chi connectivity index (χ1v) is 6.82. The van der Waals surface area contributed by atoms with E-state index in [1.807, 2.05) is 12.4 Å². The fraction of sp³-hybridized carbons (Fsp3) is 0.312. The number of hydrogen-bond acceptors (Lipinski definition) is 3. The van der Waals surface area contributed by atoms with Gasteiger partial charge in [-0.15, -0.1) is 12.4 Å². The second-order valence-electron chi connectivity index (χ2n) is 4.96. The van der Waals surface area contributed by atoms with Crippen LogP contribution in [0.3, 0.4) is 0 Å². The molecule has 0 radical (unpaired) electrons. The molecular weight excluding hydrogens is 270 g/mol. The van der Waals surface area contributed by atoms with Crippen LogP contribution in [0.1, 0.15) is 17.2 Å². The predicted octanol–water partition coefficient (Wildman–Crippen LogP) is 2.65. The molecule has 1 aromatic heterocycles. The zero-order chi connectivity index (χ0) is 12.9. The van der Waals surface area contributed by atoms with Crippen LogP contribution in [0.4, 0.5) is 0 Å². The molecule has 3 nitrogen and oxygen atoms in total. The third-order valence-corrected chi connectivity index (χ3v) is 3.67.